The summed E-state index contributed by atoms with van der Waals surface area (Å²) in [5.74, 6) is -0.106. The predicted molar refractivity (Wildman–Crippen MR) is 76.5 cm³/mol. The second kappa shape index (κ2) is 7.88. The summed E-state index contributed by atoms with van der Waals surface area (Å²) in [5, 5.41) is 2.82. The van der Waals surface area contributed by atoms with Crippen LogP contribution in [0.15, 0.2) is 24.3 Å². The Morgan fingerprint density at radius 2 is 2.00 bits per heavy atom. The molecule has 1 fully saturated rings. The Morgan fingerprint density at radius 3 is 2.67 bits per heavy atom. The molecule has 1 saturated heterocycles. The Bertz CT molecular complexity index is 481. The van der Waals surface area contributed by atoms with Crippen molar-refractivity contribution in [2.75, 3.05) is 19.8 Å². The zero-order valence-corrected chi connectivity index (χ0v) is 11.9. The number of carbonyl (C=O) groups is 2. The van der Waals surface area contributed by atoms with E-state index in [1.807, 2.05) is 0 Å². The van der Waals surface area contributed by atoms with E-state index >= 15 is 0 Å². The number of rotatable bonds is 7. The first-order valence-corrected chi connectivity index (χ1v) is 7.28. The van der Waals surface area contributed by atoms with Crippen molar-refractivity contribution in [2.45, 2.75) is 25.7 Å². The molecule has 1 heterocycles. The molecule has 0 bridgehead atoms. The van der Waals surface area contributed by atoms with Gasteiger partial charge in [0.25, 0.3) is 0 Å². The molecule has 21 heavy (non-hydrogen) atoms. The van der Waals surface area contributed by atoms with E-state index in [-0.39, 0.29) is 30.3 Å². The van der Waals surface area contributed by atoms with Gasteiger partial charge in [-0.25, -0.2) is 4.39 Å². The van der Waals surface area contributed by atoms with Crippen molar-refractivity contribution in [3.05, 3.63) is 35.6 Å². The van der Waals surface area contributed by atoms with Crippen molar-refractivity contribution in [2.24, 2.45) is 5.92 Å². The molecular weight excluding hydrogens is 273 g/mol. The molecule has 1 N–H and O–H groups in total. The molecule has 1 aromatic rings. The first-order valence-electron chi connectivity index (χ1n) is 7.28. The fraction of sp³-hybridized carbons (Fsp3) is 0.500. The zero-order chi connectivity index (χ0) is 15.1. The van der Waals surface area contributed by atoms with Gasteiger partial charge in [-0.2, -0.15) is 0 Å². The Labute approximate surface area is 123 Å². The zero-order valence-electron chi connectivity index (χ0n) is 11.9. The van der Waals surface area contributed by atoms with E-state index < -0.39 is 0 Å². The highest BCUT2D eigenvalue weighted by atomic mass is 19.1. The van der Waals surface area contributed by atoms with Gasteiger partial charge in [-0.1, -0.05) is 0 Å². The summed E-state index contributed by atoms with van der Waals surface area (Å²) in [7, 11) is 0. The molecule has 1 atom stereocenters. The molecule has 0 aromatic heterocycles. The minimum Gasteiger partial charge on any atom is -0.381 e. The first kappa shape index (κ1) is 15.6. The SMILES string of the molecule is O=C(CCC(=O)c1ccc(F)cc1)NCC[C@@H]1CCOC1. The van der Waals surface area contributed by atoms with Crippen LogP contribution in [0.5, 0.6) is 0 Å². The van der Waals surface area contributed by atoms with Gasteiger partial charge in [0.15, 0.2) is 5.78 Å². The summed E-state index contributed by atoms with van der Waals surface area (Å²) < 4.78 is 18.0. The second-order valence-corrected chi connectivity index (χ2v) is 5.30. The number of ether oxygens (including phenoxy) is 1. The maximum Gasteiger partial charge on any atom is 0.220 e. The Balaban J connectivity index is 1.63. The van der Waals surface area contributed by atoms with Gasteiger partial charge in [0.05, 0.1) is 0 Å². The van der Waals surface area contributed by atoms with Gasteiger partial charge in [-0.05, 0) is 43.0 Å². The van der Waals surface area contributed by atoms with E-state index in [4.69, 9.17) is 4.74 Å². The summed E-state index contributed by atoms with van der Waals surface area (Å²) >= 11 is 0. The topological polar surface area (TPSA) is 55.4 Å². The van der Waals surface area contributed by atoms with Crippen molar-refractivity contribution in [3.63, 3.8) is 0 Å². The predicted octanol–water partition coefficient (Wildman–Crippen LogP) is 2.33. The third-order valence-electron chi connectivity index (χ3n) is 3.64. The van der Waals surface area contributed by atoms with Crippen LogP contribution in [-0.2, 0) is 9.53 Å². The van der Waals surface area contributed by atoms with Crippen LogP contribution in [0, 0.1) is 11.7 Å². The van der Waals surface area contributed by atoms with Crippen LogP contribution in [0.25, 0.3) is 0 Å². The minimum atomic E-state index is -0.375. The number of nitrogens with one attached hydrogen (secondary N) is 1. The number of ketones is 1. The molecule has 0 aliphatic carbocycles. The van der Waals surface area contributed by atoms with Gasteiger partial charge in [0.1, 0.15) is 5.82 Å². The molecular formula is C16H20FNO3. The van der Waals surface area contributed by atoms with E-state index in [9.17, 15) is 14.0 Å². The van der Waals surface area contributed by atoms with Crippen LogP contribution in [0.3, 0.4) is 0 Å². The van der Waals surface area contributed by atoms with Gasteiger partial charge in [0, 0.05) is 38.2 Å². The number of amides is 1. The Kier molecular flexibility index (Phi) is 5.87. The average molecular weight is 293 g/mol. The van der Waals surface area contributed by atoms with E-state index in [0.29, 0.717) is 18.0 Å². The third kappa shape index (κ3) is 5.27. The number of halogens is 1. The van der Waals surface area contributed by atoms with Gasteiger partial charge < -0.3 is 10.1 Å². The molecule has 1 aromatic carbocycles. The summed E-state index contributed by atoms with van der Waals surface area (Å²) in [6.45, 7) is 2.21. The number of carbonyl (C=O) groups excluding carboxylic acids is 2. The van der Waals surface area contributed by atoms with Crippen molar-refractivity contribution in [1.82, 2.24) is 5.32 Å². The first-order chi connectivity index (χ1) is 10.1. The molecule has 5 heteroatoms. The lowest BCUT2D eigenvalue weighted by Gasteiger charge is -2.08. The highest BCUT2D eigenvalue weighted by molar-refractivity contribution is 5.97. The fourth-order valence-electron chi connectivity index (χ4n) is 2.32. The van der Waals surface area contributed by atoms with E-state index in [1.54, 1.807) is 0 Å². The molecule has 0 spiro atoms. The molecule has 0 unspecified atom stereocenters. The van der Waals surface area contributed by atoms with Gasteiger partial charge in [-0.15, -0.1) is 0 Å². The van der Waals surface area contributed by atoms with E-state index in [1.165, 1.54) is 24.3 Å². The largest absolute Gasteiger partial charge is 0.381 e. The molecule has 0 saturated carbocycles. The van der Waals surface area contributed by atoms with Crippen LogP contribution in [0.4, 0.5) is 4.39 Å². The van der Waals surface area contributed by atoms with Crippen molar-refractivity contribution < 1.29 is 18.7 Å². The maximum atomic E-state index is 12.7. The smallest absolute Gasteiger partial charge is 0.220 e. The number of hydrogen-bond acceptors (Lipinski definition) is 3. The molecule has 114 valence electrons. The third-order valence-corrected chi connectivity index (χ3v) is 3.64. The molecule has 1 amide bonds. The van der Waals surface area contributed by atoms with Crippen molar-refractivity contribution in [1.29, 1.82) is 0 Å². The highest BCUT2D eigenvalue weighted by Crippen LogP contribution is 2.15. The quantitative estimate of drug-likeness (QED) is 0.785. The molecule has 1 aliphatic rings. The van der Waals surface area contributed by atoms with Crippen LogP contribution in [-0.4, -0.2) is 31.4 Å². The molecule has 1 aliphatic heterocycles. The second-order valence-electron chi connectivity index (χ2n) is 5.30. The molecule has 0 radical (unpaired) electrons. The lowest BCUT2D eigenvalue weighted by molar-refractivity contribution is -0.121. The van der Waals surface area contributed by atoms with Crippen molar-refractivity contribution in [3.8, 4) is 0 Å². The Hall–Kier alpha value is -1.75. The summed E-state index contributed by atoms with van der Waals surface area (Å²) in [4.78, 5) is 23.5. The lowest BCUT2D eigenvalue weighted by Crippen LogP contribution is -2.26. The maximum absolute atomic E-state index is 12.7. The van der Waals surface area contributed by atoms with Crippen LogP contribution in [0.2, 0.25) is 0 Å². The standard InChI is InChI=1S/C16H20FNO3/c17-14-3-1-13(2-4-14)15(19)5-6-16(20)18-9-7-12-8-10-21-11-12/h1-4,12H,5-11H2,(H,18,20)/t12-/m1/s1. The van der Waals surface area contributed by atoms with Gasteiger partial charge in [-0.3, -0.25) is 9.59 Å². The van der Waals surface area contributed by atoms with E-state index in [0.717, 1.165) is 26.1 Å². The summed E-state index contributed by atoms with van der Waals surface area (Å²) in [5.41, 5.74) is 0.437. The van der Waals surface area contributed by atoms with Gasteiger partial charge in [0.2, 0.25) is 5.91 Å². The fourth-order valence-corrected chi connectivity index (χ4v) is 2.32. The van der Waals surface area contributed by atoms with Gasteiger partial charge >= 0.3 is 0 Å². The summed E-state index contributed by atoms with van der Waals surface area (Å²) in [6.07, 6.45) is 2.28. The van der Waals surface area contributed by atoms with Crippen LogP contribution >= 0.6 is 0 Å². The lowest BCUT2D eigenvalue weighted by atomic mass is 10.0. The number of Topliss-reactive ketones (excluding diaryl/α,β-unsaturated/α-hetero) is 1. The number of hydrogen-bond donors (Lipinski definition) is 1. The summed E-state index contributed by atoms with van der Waals surface area (Å²) in [6, 6.07) is 5.37. The highest BCUT2D eigenvalue weighted by Gasteiger charge is 2.15. The van der Waals surface area contributed by atoms with E-state index in [2.05, 4.69) is 5.32 Å². The van der Waals surface area contributed by atoms with Crippen molar-refractivity contribution >= 4 is 11.7 Å². The minimum absolute atomic E-state index is 0.121. The number of benzene rings is 1. The molecule has 4 nitrogen and oxygen atoms in total. The average Bonchev–Trinajstić information content (AvgIpc) is 2.99. The monoisotopic (exact) mass is 293 g/mol. The molecule has 2 rings (SSSR count). The normalized spacial score (nSPS) is 17.7. The van der Waals surface area contributed by atoms with Crippen LogP contribution < -0.4 is 5.32 Å². The van der Waals surface area contributed by atoms with Crippen LogP contribution in [0.1, 0.15) is 36.0 Å². The Morgan fingerprint density at radius 1 is 1.24 bits per heavy atom.